The van der Waals surface area contributed by atoms with Crippen molar-refractivity contribution < 1.29 is 9.90 Å². The molecule has 3 atom stereocenters. The summed E-state index contributed by atoms with van der Waals surface area (Å²) in [6.07, 6.45) is 7.82. The van der Waals surface area contributed by atoms with Gasteiger partial charge in [0, 0.05) is 37.4 Å². The van der Waals surface area contributed by atoms with Crippen LogP contribution in [-0.2, 0) is 7.05 Å². The summed E-state index contributed by atoms with van der Waals surface area (Å²) in [5.41, 5.74) is 0.977. The minimum absolute atomic E-state index is 0.0786. The van der Waals surface area contributed by atoms with Crippen LogP contribution in [0.2, 0.25) is 0 Å². The summed E-state index contributed by atoms with van der Waals surface area (Å²) in [6, 6.07) is -0.179. The molecule has 0 aromatic carbocycles. The van der Waals surface area contributed by atoms with E-state index in [1.54, 1.807) is 10.9 Å². The quantitative estimate of drug-likeness (QED) is 0.778. The largest absolute Gasteiger partial charge is 0.396 e. The van der Waals surface area contributed by atoms with E-state index >= 15 is 0 Å². The molecule has 0 radical (unpaired) electrons. The van der Waals surface area contributed by atoms with Crippen LogP contribution in [0.25, 0.3) is 0 Å². The first-order valence-corrected chi connectivity index (χ1v) is 7.26. The Balaban J connectivity index is 1.85. The van der Waals surface area contributed by atoms with Crippen LogP contribution in [0.4, 0.5) is 4.79 Å². The van der Waals surface area contributed by atoms with E-state index in [1.165, 1.54) is 0 Å². The van der Waals surface area contributed by atoms with Gasteiger partial charge >= 0.3 is 6.03 Å². The van der Waals surface area contributed by atoms with Gasteiger partial charge in [-0.1, -0.05) is 12.8 Å². The highest BCUT2D eigenvalue weighted by Gasteiger charge is 2.26. The molecule has 1 aromatic rings. The Morgan fingerprint density at radius 2 is 2.30 bits per heavy atom. The zero-order chi connectivity index (χ0) is 14.5. The van der Waals surface area contributed by atoms with Gasteiger partial charge in [-0.25, -0.2) is 4.79 Å². The highest BCUT2D eigenvalue weighted by atomic mass is 16.3. The molecule has 0 aliphatic heterocycles. The van der Waals surface area contributed by atoms with Crippen molar-refractivity contribution in [3.05, 3.63) is 18.0 Å². The third-order valence-electron chi connectivity index (χ3n) is 4.03. The molecule has 0 saturated heterocycles. The summed E-state index contributed by atoms with van der Waals surface area (Å²) >= 11 is 0. The zero-order valence-electron chi connectivity index (χ0n) is 12.2. The normalized spacial score (nSPS) is 24.1. The number of urea groups is 1. The Morgan fingerprint density at radius 3 is 2.95 bits per heavy atom. The van der Waals surface area contributed by atoms with Gasteiger partial charge in [0.2, 0.25) is 0 Å². The standard InChI is InChI=1S/C14H24N4O2/c1-10(12-7-15-18(2)8-12)16-14(20)17-13-6-4-3-5-11(13)9-19/h7-8,10-11,13,19H,3-6,9H2,1-2H3,(H2,16,17,20). The fraction of sp³-hybridized carbons (Fsp3) is 0.714. The number of carbonyl (C=O) groups excluding carboxylic acids is 1. The lowest BCUT2D eigenvalue weighted by molar-refractivity contribution is 0.153. The van der Waals surface area contributed by atoms with E-state index in [-0.39, 0.29) is 30.6 Å². The lowest BCUT2D eigenvalue weighted by atomic mass is 9.85. The van der Waals surface area contributed by atoms with Crippen molar-refractivity contribution in [2.24, 2.45) is 13.0 Å². The van der Waals surface area contributed by atoms with E-state index in [4.69, 9.17) is 0 Å². The number of aliphatic hydroxyl groups excluding tert-OH is 1. The minimum atomic E-state index is -0.174. The molecule has 1 aliphatic carbocycles. The number of aromatic nitrogens is 2. The first-order chi connectivity index (χ1) is 9.60. The second kappa shape index (κ2) is 6.74. The molecule has 3 N–H and O–H groups in total. The average molecular weight is 280 g/mol. The summed E-state index contributed by atoms with van der Waals surface area (Å²) < 4.78 is 1.72. The van der Waals surface area contributed by atoms with Crippen molar-refractivity contribution in [2.75, 3.05) is 6.61 Å². The van der Waals surface area contributed by atoms with E-state index in [2.05, 4.69) is 15.7 Å². The van der Waals surface area contributed by atoms with E-state index < -0.39 is 0 Å². The maximum absolute atomic E-state index is 12.0. The van der Waals surface area contributed by atoms with E-state index in [0.29, 0.717) is 0 Å². The summed E-state index contributed by atoms with van der Waals surface area (Å²) in [4.78, 5) is 12.0. The Hall–Kier alpha value is -1.56. The van der Waals surface area contributed by atoms with Crippen molar-refractivity contribution in [1.82, 2.24) is 20.4 Å². The smallest absolute Gasteiger partial charge is 0.315 e. The van der Waals surface area contributed by atoms with Crippen LogP contribution in [0, 0.1) is 5.92 Å². The van der Waals surface area contributed by atoms with Crippen molar-refractivity contribution in [3.63, 3.8) is 0 Å². The van der Waals surface area contributed by atoms with Crippen molar-refractivity contribution in [3.8, 4) is 0 Å². The molecule has 1 aromatic heterocycles. The molecule has 1 fully saturated rings. The topological polar surface area (TPSA) is 79.2 Å². The second-order valence-electron chi connectivity index (χ2n) is 5.62. The zero-order valence-corrected chi connectivity index (χ0v) is 12.2. The third kappa shape index (κ3) is 3.72. The number of nitrogens with one attached hydrogen (secondary N) is 2. The van der Waals surface area contributed by atoms with Gasteiger partial charge in [0.25, 0.3) is 0 Å². The molecule has 1 heterocycles. The first-order valence-electron chi connectivity index (χ1n) is 7.26. The van der Waals surface area contributed by atoms with Gasteiger partial charge in [0.1, 0.15) is 0 Å². The van der Waals surface area contributed by atoms with Crippen molar-refractivity contribution >= 4 is 6.03 Å². The predicted octanol–water partition coefficient (Wildman–Crippen LogP) is 1.33. The number of hydrogen-bond acceptors (Lipinski definition) is 3. The van der Waals surface area contributed by atoms with E-state index in [1.807, 2.05) is 20.2 Å². The number of hydrogen-bond donors (Lipinski definition) is 3. The summed E-state index contributed by atoms with van der Waals surface area (Å²) in [7, 11) is 1.85. The number of aliphatic hydroxyl groups is 1. The molecule has 2 rings (SSSR count). The lowest BCUT2D eigenvalue weighted by Gasteiger charge is -2.31. The fourth-order valence-electron chi connectivity index (χ4n) is 2.77. The van der Waals surface area contributed by atoms with E-state index in [0.717, 1.165) is 31.2 Å². The minimum Gasteiger partial charge on any atom is -0.396 e. The van der Waals surface area contributed by atoms with Crippen molar-refractivity contribution in [1.29, 1.82) is 0 Å². The van der Waals surface area contributed by atoms with Crippen LogP contribution in [0.15, 0.2) is 12.4 Å². The van der Waals surface area contributed by atoms with Crippen LogP contribution in [0.3, 0.4) is 0 Å². The fourth-order valence-corrected chi connectivity index (χ4v) is 2.77. The molecular weight excluding hydrogens is 256 g/mol. The molecule has 6 heteroatoms. The number of carbonyl (C=O) groups is 1. The SMILES string of the molecule is CC(NC(=O)NC1CCCCC1CO)c1cnn(C)c1. The first kappa shape index (κ1) is 14.8. The summed E-state index contributed by atoms with van der Waals surface area (Å²) in [5, 5.41) is 19.4. The number of amides is 2. The summed E-state index contributed by atoms with van der Waals surface area (Å²) in [6.45, 7) is 2.07. The number of aryl methyl sites for hydroxylation is 1. The van der Waals surface area contributed by atoms with Gasteiger partial charge in [0.15, 0.2) is 0 Å². The Labute approximate surface area is 119 Å². The van der Waals surface area contributed by atoms with E-state index in [9.17, 15) is 9.90 Å². The van der Waals surface area contributed by atoms with Gasteiger partial charge in [-0.2, -0.15) is 5.10 Å². The van der Waals surface area contributed by atoms with Crippen LogP contribution in [0.5, 0.6) is 0 Å². The van der Waals surface area contributed by atoms with Gasteiger partial charge in [-0.15, -0.1) is 0 Å². The molecule has 3 unspecified atom stereocenters. The van der Waals surface area contributed by atoms with Crippen LogP contribution < -0.4 is 10.6 Å². The lowest BCUT2D eigenvalue weighted by Crippen LogP contribution is -2.48. The Kier molecular flexibility index (Phi) is 5.00. The molecule has 2 amide bonds. The molecule has 0 bridgehead atoms. The maximum Gasteiger partial charge on any atom is 0.315 e. The highest BCUT2D eigenvalue weighted by Crippen LogP contribution is 2.24. The monoisotopic (exact) mass is 280 g/mol. The molecule has 0 spiro atoms. The van der Waals surface area contributed by atoms with Crippen molar-refractivity contribution in [2.45, 2.75) is 44.7 Å². The summed E-state index contributed by atoms with van der Waals surface area (Å²) in [5.74, 6) is 0.184. The predicted molar refractivity (Wildman–Crippen MR) is 76.1 cm³/mol. The molecule has 6 nitrogen and oxygen atoms in total. The number of rotatable bonds is 4. The Morgan fingerprint density at radius 1 is 1.55 bits per heavy atom. The van der Waals surface area contributed by atoms with Crippen LogP contribution in [0.1, 0.15) is 44.2 Å². The van der Waals surface area contributed by atoms with Gasteiger partial charge in [0.05, 0.1) is 12.2 Å². The molecule has 1 saturated carbocycles. The molecule has 112 valence electrons. The van der Waals surface area contributed by atoms with Gasteiger partial charge in [-0.05, 0) is 19.8 Å². The van der Waals surface area contributed by atoms with Crippen LogP contribution >= 0.6 is 0 Å². The maximum atomic E-state index is 12.0. The second-order valence-corrected chi connectivity index (χ2v) is 5.62. The van der Waals surface area contributed by atoms with Gasteiger partial charge < -0.3 is 15.7 Å². The average Bonchev–Trinajstić information content (AvgIpc) is 2.86. The molecular formula is C14H24N4O2. The Bertz CT molecular complexity index is 446. The van der Waals surface area contributed by atoms with Crippen LogP contribution in [-0.4, -0.2) is 33.6 Å². The third-order valence-corrected chi connectivity index (χ3v) is 4.03. The molecule has 20 heavy (non-hydrogen) atoms. The number of nitrogens with zero attached hydrogens (tertiary/aromatic N) is 2. The molecule has 1 aliphatic rings. The highest BCUT2D eigenvalue weighted by molar-refractivity contribution is 5.74. The van der Waals surface area contributed by atoms with Gasteiger partial charge in [-0.3, -0.25) is 4.68 Å².